The summed E-state index contributed by atoms with van der Waals surface area (Å²) in [5.41, 5.74) is 2.49. The second-order valence-electron chi connectivity index (χ2n) is 4.79. The molecule has 1 heterocycles. The van der Waals surface area contributed by atoms with Gasteiger partial charge in [0, 0.05) is 22.0 Å². The van der Waals surface area contributed by atoms with Crippen LogP contribution in [-0.4, -0.2) is 10.9 Å². The number of carbonyl (C=O) groups excluding carboxylic acids is 1. The van der Waals surface area contributed by atoms with Crippen molar-refractivity contribution in [2.24, 2.45) is 0 Å². The van der Waals surface area contributed by atoms with Crippen LogP contribution < -0.4 is 5.32 Å². The molecule has 0 radical (unpaired) electrons. The number of para-hydroxylation sites is 1. The van der Waals surface area contributed by atoms with Crippen molar-refractivity contribution in [3.05, 3.63) is 74.8 Å². The van der Waals surface area contributed by atoms with E-state index in [1.165, 1.54) is 0 Å². The first kappa shape index (κ1) is 15.2. The van der Waals surface area contributed by atoms with E-state index >= 15 is 0 Å². The number of benzene rings is 2. The Balaban J connectivity index is 1.80. The van der Waals surface area contributed by atoms with Crippen LogP contribution in [0.1, 0.15) is 15.9 Å². The average Bonchev–Trinajstić information content (AvgIpc) is 2.53. The van der Waals surface area contributed by atoms with Crippen molar-refractivity contribution in [1.82, 2.24) is 10.3 Å². The van der Waals surface area contributed by atoms with E-state index in [0.717, 1.165) is 25.5 Å². The predicted molar refractivity (Wildman–Crippen MR) is 94.8 cm³/mol. The van der Waals surface area contributed by atoms with Gasteiger partial charge in [0.05, 0.1) is 11.1 Å². The van der Waals surface area contributed by atoms with E-state index in [1.54, 1.807) is 6.07 Å². The van der Waals surface area contributed by atoms with Crippen molar-refractivity contribution in [3.63, 3.8) is 0 Å². The second-order valence-corrected chi connectivity index (χ2v) is 6.40. The van der Waals surface area contributed by atoms with Gasteiger partial charge >= 0.3 is 0 Å². The molecule has 0 fully saturated rings. The number of carbonyl (C=O) groups is 1. The Morgan fingerprint density at radius 2 is 1.77 bits per heavy atom. The Bertz CT molecular complexity index is 849. The van der Waals surface area contributed by atoms with Gasteiger partial charge in [-0.2, -0.15) is 0 Å². The molecule has 0 atom stereocenters. The van der Waals surface area contributed by atoms with Gasteiger partial charge in [0.15, 0.2) is 0 Å². The van der Waals surface area contributed by atoms with Crippen molar-refractivity contribution in [3.8, 4) is 0 Å². The van der Waals surface area contributed by atoms with Gasteiger partial charge in [-0.25, -0.2) is 4.98 Å². The van der Waals surface area contributed by atoms with Crippen LogP contribution in [0.3, 0.4) is 0 Å². The zero-order valence-corrected chi connectivity index (χ0v) is 14.7. The summed E-state index contributed by atoms with van der Waals surface area (Å²) < 4.78 is 1.53. The predicted octanol–water partition coefficient (Wildman–Crippen LogP) is 4.69. The van der Waals surface area contributed by atoms with Crippen LogP contribution >= 0.6 is 31.9 Å². The molecule has 3 nitrogen and oxygen atoms in total. The normalized spacial score (nSPS) is 10.6. The number of hydrogen-bond acceptors (Lipinski definition) is 2. The van der Waals surface area contributed by atoms with Crippen LogP contribution in [0.25, 0.3) is 10.9 Å². The minimum Gasteiger partial charge on any atom is -0.348 e. The number of pyridine rings is 1. The Kier molecular flexibility index (Phi) is 4.55. The number of nitrogens with one attached hydrogen (secondary N) is 1. The minimum atomic E-state index is -0.118. The molecule has 0 saturated heterocycles. The fraction of sp³-hybridized carbons (Fsp3) is 0.0588. The quantitative estimate of drug-likeness (QED) is 0.625. The molecule has 0 saturated carbocycles. The monoisotopic (exact) mass is 418 g/mol. The number of hydrogen-bond donors (Lipinski definition) is 1. The summed E-state index contributed by atoms with van der Waals surface area (Å²) in [6.07, 6.45) is 0. The molecule has 110 valence electrons. The zero-order chi connectivity index (χ0) is 15.5. The summed E-state index contributed by atoms with van der Waals surface area (Å²) in [5.74, 6) is -0.118. The maximum atomic E-state index is 12.2. The van der Waals surface area contributed by atoms with Gasteiger partial charge in [-0.05, 0) is 56.1 Å². The molecular weight excluding hydrogens is 408 g/mol. The molecular formula is C17H12Br2N2O. The Morgan fingerprint density at radius 1 is 1.05 bits per heavy atom. The first-order valence-corrected chi connectivity index (χ1v) is 8.30. The molecule has 1 aromatic heterocycles. The maximum Gasteiger partial charge on any atom is 0.252 e. The van der Waals surface area contributed by atoms with E-state index in [-0.39, 0.29) is 5.91 Å². The summed E-state index contributed by atoms with van der Waals surface area (Å²) >= 11 is 6.85. The highest BCUT2D eigenvalue weighted by atomic mass is 79.9. The number of fused-ring (bicyclic) bond motifs is 1. The van der Waals surface area contributed by atoms with Gasteiger partial charge in [0.2, 0.25) is 0 Å². The van der Waals surface area contributed by atoms with E-state index in [9.17, 15) is 4.79 Å². The maximum absolute atomic E-state index is 12.2. The highest BCUT2D eigenvalue weighted by Gasteiger charge is 2.10. The summed E-state index contributed by atoms with van der Waals surface area (Å²) in [7, 11) is 0. The molecule has 22 heavy (non-hydrogen) atoms. The fourth-order valence-electron chi connectivity index (χ4n) is 2.18. The number of aromatic nitrogens is 1. The topological polar surface area (TPSA) is 42.0 Å². The lowest BCUT2D eigenvalue weighted by atomic mass is 10.1. The van der Waals surface area contributed by atoms with Gasteiger partial charge < -0.3 is 5.32 Å². The second kappa shape index (κ2) is 6.58. The molecule has 3 aromatic rings. The van der Waals surface area contributed by atoms with Crippen LogP contribution in [-0.2, 0) is 6.54 Å². The minimum absolute atomic E-state index is 0.118. The Hall–Kier alpha value is -1.72. The van der Waals surface area contributed by atoms with Crippen LogP contribution in [0, 0.1) is 0 Å². The standard InChI is InChI=1S/C17H12Br2N2O/c18-14-7-3-2-6-13(14)17(22)20-10-12-9-11-5-1-4-8-15(11)21-16(12)19/h1-9H,10H2,(H,20,22). The highest BCUT2D eigenvalue weighted by Crippen LogP contribution is 2.21. The first-order valence-electron chi connectivity index (χ1n) is 6.72. The third-order valence-electron chi connectivity index (χ3n) is 3.31. The number of halogens is 2. The van der Waals surface area contributed by atoms with Gasteiger partial charge in [-0.15, -0.1) is 0 Å². The molecule has 2 aromatic carbocycles. The average molecular weight is 420 g/mol. The highest BCUT2D eigenvalue weighted by molar-refractivity contribution is 9.10. The molecule has 0 aliphatic carbocycles. The lowest BCUT2D eigenvalue weighted by Crippen LogP contribution is -2.23. The third-order valence-corrected chi connectivity index (χ3v) is 4.69. The van der Waals surface area contributed by atoms with E-state index in [2.05, 4.69) is 42.2 Å². The van der Waals surface area contributed by atoms with Crippen molar-refractivity contribution in [2.45, 2.75) is 6.54 Å². The fourth-order valence-corrected chi connectivity index (χ4v) is 3.09. The molecule has 0 spiro atoms. The van der Waals surface area contributed by atoms with Crippen LogP contribution in [0.15, 0.2) is 63.7 Å². The van der Waals surface area contributed by atoms with E-state index in [0.29, 0.717) is 12.1 Å². The largest absolute Gasteiger partial charge is 0.348 e. The summed E-state index contributed by atoms with van der Waals surface area (Å²) in [6, 6.07) is 17.3. The lowest BCUT2D eigenvalue weighted by Gasteiger charge is -2.09. The zero-order valence-electron chi connectivity index (χ0n) is 11.5. The first-order chi connectivity index (χ1) is 10.6. The van der Waals surface area contributed by atoms with Crippen molar-refractivity contribution < 1.29 is 4.79 Å². The van der Waals surface area contributed by atoms with Gasteiger partial charge in [-0.1, -0.05) is 30.3 Å². The smallest absolute Gasteiger partial charge is 0.252 e. The van der Waals surface area contributed by atoms with Crippen LogP contribution in [0.2, 0.25) is 0 Å². The molecule has 3 rings (SSSR count). The molecule has 1 amide bonds. The molecule has 5 heteroatoms. The summed E-state index contributed by atoms with van der Waals surface area (Å²) in [5, 5.41) is 3.97. The number of rotatable bonds is 3. The molecule has 1 N–H and O–H groups in total. The summed E-state index contributed by atoms with van der Waals surface area (Å²) in [6.45, 7) is 0.415. The van der Waals surface area contributed by atoms with Gasteiger partial charge in [-0.3, -0.25) is 4.79 Å². The Morgan fingerprint density at radius 3 is 2.59 bits per heavy atom. The molecule has 0 unspecified atom stereocenters. The van der Waals surface area contributed by atoms with Crippen LogP contribution in [0.4, 0.5) is 0 Å². The Labute approximate surface area is 145 Å². The van der Waals surface area contributed by atoms with Crippen molar-refractivity contribution in [2.75, 3.05) is 0 Å². The van der Waals surface area contributed by atoms with Gasteiger partial charge in [0.25, 0.3) is 5.91 Å². The molecule has 0 aliphatic rings. The molecule has 0 bridgehead atoms. The number of nitrogens with zero attached hydrogens (tertiary/aromatic N) is 1. The lowest BCUT2D eigenvalue weighted by molar-refractivity contribution is 0.0950. The third kappa shape index (κ3) is 3.20. The molecule has 0 aliphatic heterocycles. The van der Waals surface area contributed by atoms with E-state index in [1.807, 2.05) is 48.5 Å². The number of amides is 1. The summed E-state index contributed by atoms with van der Waals surface area (Å²) in [4.78, 5) is 16.7. The van der Waals surface area contributed by atoms with Crippen LogP contribution in [0.5, 0.6) is 0 Å². The SMILES string of the molecule is O=C(NCc1cc2ccccc2nc1Br)c1ccccc1Br. The van der Waals surface area contributed by atoms with Crippen molar-refractivity contribution in [1.29, 1.82) is 0 Å². The van der Waals surface area contributed by atoms with Gasteiger partial charge in [0.1, 0.15) is 4.60 Å². The van der Waals surface area contributed by atoms with Crippen molar-refractivity contribution >= 4 is 48.7 Å². The van der Waals surface area contributed by atoms with E-state index in [4.69, 9.17) is 0 Å². The van der Waals surface area contributed by atoms with E-state index < -0.39 is 0 Å².